The first-order chi connectivity index (χ1) is 22.1. The van der Waals surface area contributed by atoms with Gasteiger partial charge in [-0.25, -0.2) is 4.79 Å². The first-order valence-electron chi connectivity index (χ1n) is 16.1. The summed E-state index contributed by atoms with van der Waals surface area (Å²) in [6.07, 6.45) is 5.51. The van der Waals surface area contributed by atoms with E-state index in [2.05, 4.69) is 52.3 Å². The van der Waals surface area contributed by atoms with Gasteiger partial charge in [0.15, 0.2) is 0 Å². The molecule has 0 fully saturated rings. The number of nitrogens with one attached hydrogen (secondary N) is 3. The molecule has 0 radical (unpaired) electrons. The van der Waals surface area contributed by atoms with Crippen LogP contribution in [0.25, 0.3) is 0 Å². The molecule has 246 valence electrons. The molecular weight excluding hydrogens is 595 g/mol. The summed E-state index contributed by atoms with van der Waals surface area (Å²) in [4.78, 5) is 38.5. The molecule has 3 rings (SSSR count). The number of carbonyl (C=O) groups is 3. The van der Waals surface area contributed by atoms with E-state index < -0.39 is 22.5 Å². The quantitative estimate of drug-likeness (QED) is 0.0870. The van der Waals surface area contributed by atoms with Crippen LogP contribution < -0.4 is 16.0 Å². The van der Waals surface area contributed by atoms with Gasteiger partial charge in [-0.1, -0.05) is 117 Å². The fourth-order valence-electron chi connectivity index (χ4n) is 4.89. The zero-order chi connectivity index (χ0) is 33.4. The van der Waals surface area contributed by atoms with Crippen molar-refractivity contribution in [2.45, 2.75) is 70.3 Å². The molecule has 46 heavy (non-hydrogen) atoms. The van der Waals surface area contributed by atoms with Crippen molar-refractivity contribution in [3.63, 3.8) is 0 Å². The lowest BCUT2D eigenvalue weighted by atomic mass is 9.84. The molecule has 3 aromatic carbocycles. The van der Waals surface area contributed by atoms with Crippen LogP contribution in [0.4, 0.5) is 4.79 Å². The van der Waals surface area contributed by atoms with E-state index in [1.165, 1.54) is 0 Å². The van der Waals surface area contributed by atoms with Gasteiger partial charge in [-0.2, -0.15) is 0 Å². The van der Waals surface area contributed by atoms with Gasteiger partial charge in [0.1, 0.15) is 11.6 Å². The highest BCUT2D eigenvalue weighted by Crippen LogP contribution is 2.48. The summed E-state index contributed by atoms with van der Waals surface area (Å²) in [6.45, 7) is 10.3. The van der Waals surface area contributed by atoms with Crippen molar-refractivity contribution in [3.05, 3.63) is 120 Å². The van der Waals surface area contributed by atoms with Gasteiger partial charge in [0, 0.05) is 24.8 Å². The van der Waals surface area contributed by atoms with Crippen molar-refractivity contribution in [2.75, 3.05) is 18.8 Å². The highest BCUT2D eigenvalue weighted by molar-refractivity contribution is 8.00. The summed E-state index contributed by atoms with van der Waals surface area (Å²) in [6, 6.07) is 29.9. The molecular formula is C38H49N3O4S. The summed E-state index contributed by atoms with van der Waals surface area (Å²) >= 11 is 1.60. The maximum Gasteiger partial charge on any atom is 0.408 e. The monoisotopic (exact) mass is 643 g/mol. The van der Waals surface area contributed by atoms with E-state index in [9.17, 15) is 14.4 Å². The van der Waals surface area contributed by atoms with E-state index >= 15 is 0 Å². The van der Waals surface area contributed by atoms with Crippen LogP contribution in [0.1, 0.15) is 70.6 Å². The predicted octanol–water partition coefficient (Wildman–Crippen LogP) is 7.22. The molecule has 3 aromatic rings. The smallest absolute Gasteiger partial charge is 0.408 e. The molecule has 0 saturated carbocycles. The Balaban J connectivity index is 1.78. The lowest BCUT2D eigenvalue weighted by Crippen LogP contribution is -2.50. The highest BCUT2D eigenvalue weighted by atomic mass is 32.2. The summed E-state index contributed by atoms with van der Waals surface area (Å²) in [5.41, 5.74) is 2.50. The molecule has 0 bridgehead atoms. The topological polar surface area (TPSA) is 96.5 Å². The minimum absolute atomic E-state index is 0.0119. The number of rotatable bonds is 16. The summed E-state index contributed by atoms with van der Waals surface area (Å²) in [5.74, 6) is 0.0871. The van der Waals surface area contributed by atoms with Crippen molar-refractivity contribution in [1.82, 2.24) is 16.0 Å². The van der Waals surface area contributed by atoms with Gasteiger partial charge >= 0.3 is 6.09 Å². The minimum Gasteiger partial charge on any atom is -0.444 e. The van der Waals surface area contributed by atoms with Crippen LogP contribution >= 0.6 is 11.8 Å². The second kappa shape index (κ2) is 18.2. The third kappa shape index (κ3) is 11.1. The number of amides is 3. The Morgan fingerprint density at radius 2 is 1.17 bits per heavy atom. The largest absolute Gasteiger partial charge is 0.444 e. The van der Waals surface area contributed by atoms with Gasteiger partial charge in [0.2, 0.25) is 11.8 Å². The Bertz CT molecular complexity index is 1300. The van der Waals surface area contributed by atoms with Crippen molar-refractivity contribution >= 4 is 29.7 Å². The molecule has 0 aromatic heterocycles. The van der Waals surface area contributed by atoms with Crippen LogP contribution in [0.15, 0.2) is 103 Å². The maximum absolute atomic E-state index is 13.6. The number of thioether (sulfide) groups is 1. The summed E-state index contributed by atoms with van der Waals surface area (Å²) < 4.78 is 4.90. The lowest BCUT2D eigenvalue weighted by Gasteiger charge is -2.36. The number of alkyl carbamates (subject to hydrolysis) is 1. The number of benzene rings is 3. The van der Waals surface area contributed by atoms with Gasteiger partial charge in [0.05, 0.1) is 4.75 Å². The Morgan fingerprint density at radius 1 is 0.739 bits per heavy atom. The third-order valence-corrected chi connectivity index (χ3v) is 9.10. The SMILES string of the molecule is CC[C@H](C)C(=O)NCC/C=C\CCNC(=O)[C@H](CSC(c1ccccc1)(c1ccccc1)c1ccccc1)NC(=O)OC(C)(C)C. The van der Waals surface area contributed by atoms with Crippen molar-refractivity contribution < 1.29 is 19.1 Å². The van der Waals surface area contributed by atoms with E-state index in [-0.39, 0.29) is 23.5 Å². The van der Waals surface area contributed by atoms with Gasteiger partial charge in [0.25, 0.3) is 0 Å². The zero-order valence-corrected chi connectivity index (χ0v) is 28.6. The maximum atomic E-state index is 13.6. The third-order valence-electron chi connectivity index (χ3n) is 7.46. The molecule has 0 saturated heterocycles. The fourth-order valence-corrected chi connectivity index (χ4v) is 6.45. The fraction of sp³-hybridized carbons (Fsp3) is 0.395. The lowest BCUT2D eigenvalue weighted by molar-refractivity contribution is -0.124. The standard InChI is InChI=1S/C38H49N3O4S/c1-6-29(2)34(42)39-26-18-7-8-19-27-40-35(43)33(41-36(44)45-37(3,4)5)28-46-38(30-20-12-9-13-21-30,31-22-14-10-15-23-31)32-24-16-11-17-25-32/h7-17,20-25,29,33H,6,18-19,26-28H2,1-5H3,(H,39,42)(H,40,43)(H,41,44)/b8-7-/t29-,33-/m0/s1. The van der Waals surface area contributed by atoms with Crippen LogP contribution in [0, 0.1) is 5.92 Å². The first kappa shape index (κ1) is 36.4. The predicted molar refractivity (Wildman–Crippen MR) is 189 cm³/mol. The molecule has 3 amide bonds. The second-order valence-corrected chi connectivity index (χ2v) is 13.5. The molecule has 0 heterocycles. The number of hydrogen-bond donors (Lipinski definition) is 3. The van der Waals surface area contributed by atoms with Crippen LogP contribution in [-0.2, 0) is 19.1 Å². The van der Waals surface area contributed by atoms with Crippen LogP contribution in [0.3, 0.4) is 0 Å². The molecule has 0 aliphatic carbocycles. The van der Waals surface area contributed by atoms with E-state index in [1.54, 1.807) is 32.5 Å². The van der Waals surface area contributed by atoms with Crippen molar-refractivity contribution in [3.8, 4) is 0 Å². The number of ether oxygens (including phenoxy) is 1. The van der Waals surface area contributed by atoms with Gasteiger partial charge in [-0.3, -0.25) is 9.59 Å². The van der Waals surface area contributed by atoms with E-state index in [0.717, 1.165) is 29.5 Å². The van der Waals surface area contributed by atoms with Gasteiger partial charge in [-0.05, 0) is 56.7 Å². The Hall–Kier alpha value is -4.04. The first-order valence-corrected chi connectivity index (χ1v) is 17.1. The number of hydrogen-bond acceptors (Lipinski definition) is 5. The Morgan fingerprint density at radius 3 is 1.59 bits per heavy atom. The zero-order valence-electron chi connectivity index (χ0n) is 27.8. The molecule has 8 heteroatoms. The van der Waals surface area contributed by atoms with Crippen LogP contribution in [-0.4, -0.2) is 48.4 Å². The van der Waals surface area contributed by atoms with E-state index in [4.69, 9.17) is 4.74 Å². The minimum atomic E-state index is -0.852. The van der Waals surface area contributed by atoms with Gasteiger partial charge < -0.3 is 20.7 Å². The second-order valence-electron chi connectivity index (χ2n) is 12.2. The van der Waals surface area contributed by atoms with E-state index in [1.807, 2.05) is 80.6 Å². The average molecular weight is 644 g/mol. The highest BCUT2D eigenvalue weighted by Gasteiger charge is 2.38. The summed E-state index contributed by atoms with van der Waals surface area (Å²) in [5, 5.41) is 8.77. The molecule has 0 aliphatic rings. The molecule has 7 nitrogen and oxygen atoms in total. The Kier molecular flexibility index (Phi) is 14.4. The average Bonchev–Trinajstić information content (AvgIpc) is 3.05. The molecule has 2 atom stereocenters. The van der Waals surface area contributed by atoms with Gasteiger partial charge in [-0.15, -0.1) is 11.8 Å². The molecule has 0 unspecified atom stereocenters. The Labute approximate surface area is 279 Å². The van der Waals surface area contributed by atoms with Crippen LogP contribution in [0.5, 0.6) is 0 Å². The van der Waals surface area contributed by atoms with E-state index in [0.29, 0.717) is 19.5 Å². The van der Waals surface area contributed by atoms with Crippen molar-refractivity contribution in [2.24, 2.45) is 5.92 Å². The van der Waals surface area contributed by atoms with Crippen molar-refractivity contribution in [1.29, 1.82) is 0 Å². The summed E-state index contributed by atoms with van der Waals surface area (Å²) in [7, 11) is 0. The van der Waals surface area contributed by atoms with Crippen LogP contribution in [0.2, 0.25) is 0 Å². The molecule has 3 N–H and O–H groups in total. The molecule has 0 aliphatic heterocycles. The molecule has 0 spiro atoms. The normalized spacial score (nSPS) is 13.1. The number of carbonyl (C=O) groups excluding carboxylic acids is 3.